The van der Waals surface area contributed by atoms with Crippen molar-refractivity contribution in [1.29, 1.82) is 0 Å². The first kappa shape index (κ1) is 88.0. The highest BCUT2D eigenvalue weighted by Crippen LogP contribution is 2.44. The van der Waals surface area contributed by atoms with Gasteiger partial charge in [0, 0.05) is 122 Å². The van der Waals surface area contributed by atoms with Gasteiger partial charge in [0.15, 0.2) is 0 Å². The van der Waals surface area contributed by atoms with Crippen LogP contribution in [-0.2, 0) is 32.4 Å². The normalized spacial score (nSPS) is 14.6. The number of hydrogen-bond donors (Lipinski definition) is 5. The number of unbranched alkanes of at least 4 members (excludes halogenated alkanes) is 9. The maximum Gasteiger partial charge on any atom is 0.416 e. The number of amides is 3. The minimum atomic E-state index is -0.502. The summed E-state index contributed by atoms with van der Waals surface area (Å²) in [5, 5.41) is 21.9. The molecule has 3 unspecified atom stereocenters. The Hall–Kier alpha value is -11.9. The van der Waals surface area contributed by atoms with Gasteiger partial charge in [-0.1, -0.05) is 115 Å². The number of H-pyrrole nitrogens is 3. The number of imidazole rings is 1. The minimum Gasteiger partial charge on any atom is -0.494 e. The number of aryl methyl sites for hydroxylation is 2. The van der Waals surface area contributed by atoms with Gasteiger partial charge in [0.1, 0.15) is 76.9 Å². The zero-order valence-electron chi connectivity index (χ0n) is 69.0. The molecule has 125 heavy (non-hydrogen) atoms. The average molecular weight is 1770 g/mol. The van der Waals surface area contributed by atoms with E-state index in [9.17, 15) is 23.2 Å². The van der Waals surface area contributed by atoms with Crippen LogP contribution < -0.4 is 33.7 Å². The number of nitrogens with one attached hydrogen (secondary N) is 4. The van der Waals surface area contributed by atoms with Crippen LogP contribution >= 0.6 is 46.4 Å². The van der Waals surface area contributed by atoms with Gasteiger partial charge in [0.25, 0.3) is 0 Å². The van der Waals surface area contributed by atoms with Crippen molar-refractivity contribution in [2.45, 2.75) is 128 Å². The molecule has 3 aliphatic rings. The summed E-state index contributed by atoms with van der Waals surface area (Å²) in [5.74, 6) is 2.61. The van der Waals surface area contributed by atoms with E-state index < -0.39 is 36.2 Å². The number of aromatic nitrogens is 8. The van der Waals surface area contributed by atoms with E-state index >= 15 is 0 Å². The van der Waals surface area contributed by atoms with Crippen molar-refractivity contribution in [2.24, 2.45) is 0 Å². The molecule has 648 valence electrons. The number of halogens is 6. The lowest BCUT2D eigenvalue weighted by Gasteiger charge is -2.35. The first-order valence-electron chi connectivity index (χ1n) is 42.5. The fourth-order valence-electron chi connectivity index (χ4n) is 16.4. The van der Waals surface area contributed by atoms with Crippen LogP contribution in [-0.4, -0.2) is 137 Å². The van der Waals surface area contributed by atoms with Crippen LogP contribution in [0.1, 0.15) is 146 Å². The molecule has 0 spiro atoms. The van der Waals surface area contributed by atoms with Crippen molar-refractivity contribution >= 4 is 97.4 Å². The van der Waals surface area contributed by atoms with Crippen molar-refractivity contribution in [1.82, 2.24) is 59.3 Å². The maximum absolute atomic E-state index is 13.5. The molecule has 0 aliphatic carbocycles. The van der Waals surface area contributed by atoms with E-state index in [0.717, 1.165) is 197 Å². The van der Waals surface area contributed by atoms with E-state index in [1.54, 1.807) is 57.8 Å². The number of carbonyl (C=O) groups is 3. The summed E-state index contributed by atoms with van der Waals surface area (Å²) >= 11 is 25.0. The fraction of sp³-hybridized carbons (Fsp3) is 0.299. The van der Waals surface area contributed by atoms with Gasteiger partial charge in [0.05, 0.1) is 32.8 Å². The van der Waals surface area contributed by atoms with E-state index in [2.05, 4.69) is 39.9 Å². The van der Waals surface area contributed by atoms with E-state index in [0.29, 0.717) is 96.9 Å². The second kappa shape index (κ2) is 43.1. The third kappa shape index (κ3) is 23.0. The number of aliphatic hydroxyl groups is 1. The van der Waals surface area contributed by atoms with Gasteiger partial charge in [0.2, 0.25) is 0 Å². The van der Waals surface area contributed by atoms with Crippen molar-refractivity contribution in [3.05, 3.63) is 314 Å². The predicted molar refractivity (Wildman–Crippen MR) is 482 cm³/mol. The molecule has 5 N–H and O–H groups in total. The molecule has 14 aromatic rings. The van der Waals surface area contributed by atoms with Gasteiger partial charge < -0.3 is 58.4 Å². The smallest absolute Gasteiger partial charge is 0.416 e. The van der Waals surface area contributed by atoms with Crippen LogP contribution in [0, 0.1) is 11.6 Å². The molecule has 3 amide bonds. The highest BCUT2D eigenvalue weighted by molar-refractivity contribution is 6.32. The molecule has 0 saturated heterocycles. The second-order valence-corrected chi connectivity index (χ2v) is 32.8. The highest BCUT2D eigenvalue weighted by atomic mass is 35.5. The lowest BCUT2D eigenvalue weighted by molar-refractivity contribution is 0.134. The molecule has 3 atom stereocenters. The fourth-order valence-corrected chi connectivity index (χ4v) is 17.0. The Bertz CT molecular complexity index is 5600. The average Bonchev–Trinajstić information content (AvgIpc) is 1.63. The molecule has 0 bridgehead atoms. The molecular weight excluding hydrogens is 1670 g/mol. The predicted octanol–water partition coefficient (Wildman–Crippen LogP) is 22.4. The molecule has 22 nitrogen and oxygen atoms in total. The molecule has 9 aromatic carbocycles. The number of benzene rings is 9. The summed E-state index contributed by atoms with van der Waals surface area (Å²) in [4.78, 5) is 64.2. The maximum atomic E-state index is 13.5. The number of ether oxygens (including phenoxy) is 6. The van der Waals surface area contributed by atoms with E-state index in [4.69, 9.17) is 79.9 Å². The Morgan fingerprint density at radius 2 is 0.768 bits per heavy atom. The molecule has 3 aliphatic heterocycles. The Morgan fingerprint density at radius 3 is 1.14 bits per heavy atom. The first-order chi connectivity index (χ1) is 61.1. The van der Waals surface area contributed by atoms with Crippen LogP contribution in [0.4, 0.5) is 23.2 Å². The number of hydrogen-bond acceptors (Lipinski definition) is 14. The minimum absolute atomic E-state index is 0.177. The number of aliphatic hydroxyl groups excluding tert-OH is 1. The molecule has 28 heteroatoms. The zero-order chi connectivity index (χ0) is 86.4. The lowest BCUT2D eigenvalue weighted by atomic mass is 9.92. The van der Waals surface area contributed by atoms with Crippen LogP contribution in [0.15, 0.2) is 232 Å². The largest absolute Gasteiger partial charge is 0.494 e. The van der Waals surface area contributed by atoms with Gasteiger partial charge in [-0.25, -0.2) is 33.1 Å². The number of carbonyl (C=O) groups excluding carboxylic acids is 3. The summed E-state index contributed by atoms with van der Waals surface area (Å²) in [6.45, 7) is 6.96. The Kier molecular flexibility index (Phi) is 30.4. The van der Waals surface area contributed by atoms with Gasteiger partial charge in [-0.3, -0.25) is 19.4 Å². The number of rotatable bonds is 32. The van der Waals surface area contributed by atoms with Gasteiger partial charge in [-0.05, 0) is 268 Å². The topological polar surface area (TPSA) is 244 Å². The number of nitrogens with zero attached hydrogens (tertiary/aromatic N) is 8. The lowest BCUT2D eigenvalue weighted by Crippen LogP contribution is -2.42. The van der Waals surface area contributed by atoms with Crippen LogP contribution in [0.3, 0.4) is 0 Å². The molecule has 8 heterocycles. The summed E-state index contributed by atoms with van der Waals surface area (Å²) in [5.41, 5.74) is 12.0. The van der Waals surface area contributed by atoms with Crippen molar-refractivity contribution in [3.63, 3.8) is 0 Å². The summed E-state index contributed by atoms with van der Waals surface area (Å²) < 4.78 is 65.9. The molecule has 0 fully saturated rings. The quantitative estimate of drug-likeness (QED) is 0.0246. The standard InChI is InChI=1S/C33H32ClFN4O3.C32H35Cl2N3O4.C32H31ClFN5O3/c34-24-7-14-30-29(21-24)28-15-18-39(33(40)42-27-12-8-25(35)9-13-27)32(31(28)37-30)23-5-10-26(11-6-23)41-20-4-2-1-3-17-38-19-16-36-22-38;33-23-7-12-26(13-8-23)41-32(39)37-18-15-27-28-21-24(34)9-14-29(28)36-30(27)31(37)22-5-10-25(11-6-22)40-20-4-2-1-3-16-35-17-19-38;33-23-7-14-29-28(19-23)27-15-17-39(32(40)42-26-12-8-24(34)9-13-26)31(30(27)37-29)22-5-10-25(11-6-22)41-18-4-2-1-3-16-38-21-35-20-36-38/h5-14,16,19,21-22,32,37H,1-4,15,17-18,20H2;5-14,21,31,35-36,38H,1-4,15-20H2;5-14,19-21,31,37H,1-4,15-18H2. The van der Waals surface area contributed by atoms with Gasteiger partial charge >= 0.3 is 18.3 Å². The van der Waals surface area contributed by atoms with Crippen molar-refractivity contribution in [3.8, 4) is 34.5 Å². The van der Waals surface area contributed by atoms with Crippen LogP contribution in [0.25, 0.3) is 32.7 Å². The summed E-state index contributed by atoms with van der Waals surface area (Å²) in [7, 11) is 0. The van der Waals surface area contributed by atoms with Gasteiger partial charge in [-0.2, -0.15) is 5.10 Å². The Labute approximate surface area is 743 Å². The second-order valence-electron chi connectivity index (χ2n) is 31.1. The molecular formula is C97H98Cl4F2N12O10. The van der Waals surface area contributed by atoms with Crippen LogP contribution in [0.5, 0.6) is 34.5 Å². The first-order valence-corrected chi connectivity index (χ1v) is 44.0. The zero-order valence-corrected chi connectivity index (χ0v) is 72.0. The molecule has 0 radical (unpaired) electrons. The Balaban J connectivity index is 0.000000145. The highest BCUT2D eigenvalue weighted by Gasteiger charge is 2.40. The van der Waals surface area contributed by atoms with E-state index in [-0.39, 0.29) is 24.2 Å². The monoisotopic (exact) mass is 1770 g/mol. The number of aromatic amines is 3. The molecule has 17 rings (SSSR count). The Morgan fingerprint density at radius 1 is 0.408 bits per heavy atom. The van der Waals surface area contributed by atoms with Crippen LogP contribution in [0.2, 0.25) is 20.1 Å². The third-order valence-electron chi connectivity index (χ3n) is 22.6. The summed E-state index contributed by atoms with van der Waals surface area (Å²) in [6, 6.07) is 57.6. The van der Waals surface area contributed by atoms with E-state index in [1.165, 1.54) is 48.5 Å². The van der Waals surface area contributed by atoms with E-state index in [1.807, 2.05) is 145 Å². The third-order valence-corrected chi connectivity index (χ3v) is 23.5. The van der Waals surface area contributed by atoms with Crippen molar-refractivity contribution < 1.29 is 56.7 Å². The van der Waals surface area contributed by atoms with Gasteiger partial charge in [-0.15, -0.1) is 0 Å². The number of fused-ring (bicyclic) bond motifs is 9. The molecule has 5 aromatic heterocycles. The summed E-state index contributed by atoms with van der Waals surface area (Å²) in [6.07, 6.45) is 22.3. The SMILES string of the molecule is O=C(Oc1ccc(Cl)cc1)N1CCc2c([nH]c3ccc(Cl)cc23)C1c1ccc(OCCCCCCNCCO)cc1.O=C(Oc1ccc(F)cc1)N1CCc2c([nH]c3ccc(Cl)cc23)C1c1ccc(OCCCCCCn2ccnc2)cc1.O=C(Oc1ccc(F)cc1)N1CCc2c([nH]c3ccc(Cl)cc23)C1c1ccc(OCCCCCCn2cncn2)cc1. The molecule has 0 saturated carbocycles. The van der Waals surface area contributed by atoms with Crippen molar-refractivity contribution in [2.75, 3.05) is 59.2 Å².